The van der Waals surface area contributed by atoms with Gasteiger partial charge in [-0.15, -0.1) is 0 Å². The largest absolute Gasteiger partial charge is 0.368 e. The van der Waals surface area contributed by atoms with E-state index in [2.05, 4.69) is 6.92 Å². The van der Waals surface area contributed by atoms with Crippen molar-refractivity contribution in [2.24, 2.45) is 17.8 Å². The Morgan fingerprint density at radius 3 is 2.60 bits per heavy atom. The molecule has 2 saturated heterocycles. The fraction of sp³-hybridized carbons (Fsp3) is 1.00. The molecule has 5 atom stereocenters. The Balaban J connectivity index is 1.75. The molecule has 4 heteroatoms. The highest BCUT2D eigenvalue weighted by atomic mass is 16.7. The molecular formula is C11H18O4. The molecular weight excluding hydrogens is 196 g/mol. The fourth-order valence-electron chi connectivity index (χ4n) is 3.39. The Hall–Kier alpha value is -0.160. The van der Waals surface area contributed by atoms with E-state index in [0.717, 1.165) is 12.8 Å². The minimum Gasteiger partial charge on any atom is -0.368 e. The smallest absolute Gasteiger partial charge is 0.161 e. The summed E-state index contributed by atoms with van der Waals surface area (Å²) in [5, 5.41) is 9.48. The highest BCUT2D eigenvalue weighted by Gasteiger charge is 2.51. The summed E-state index contributed by atoms with van der Waals surface area (Å²) >= 11 is 0. The van der Waals surface area contributed by atoms with Crippen LogP contribution in [0.25, 0.3) is 0 Å². The molecule has 0 amide bonds. The van der Waals surface area contributed by atoms with Gasteiger partial charge < -0.3 is 19.3 Å². The van der Waals surface area contributed by atoms with Crippen LogP contribution in [0.1, 0.15) is 19.8 Å². The third-order valence-electron chi connectivity index (χ3n) is 4.00. The predicted molar refractivity (Wildman–Crippen MR) is 51.9 cm³/mol. The van der Waals surface area contributed by atoms with E-state index in [4.69, 9.17) is 14.2 Å². The van der Waals surface area contributed by atoms with Crippen molar-refractivity contribution in [3.05, 3.63) is 0 Å². The molecule has 1 aliphatic carbocycles. The molecule has 0 spiro atoms. The normalized spacial score (nSPS) is 51.2. The fourth-order valence-corrected chi connectivity index (χ4v) is 3.39. The molecule has 5 unspecified atom stereocenters. The monoisotopic (exact) mass is 214 g/mol. The Bertz CT molecular complexity index is 239. The number of hydrogen-bond acceptors (Lipinski definition) is 4. The number of fused-ring (bicyclic) bond motifs is 1. The van der Waals surface area contributed by atoms with Gasteiger partial charge in [0.05, 0.1) is 19.3 Å². The maximum Gasteiger partial charge on any atom is 0.161 e. The van der Waals surface area contributed by atoms with Crippen LogP contribution in [-0.4, -0.2) is 37.0 Å². The van der Waals surface area contributed by atoms with Crippen LogP contribution in [-0.2, 0) is 14.2 Å². The first kappa shape index (κ1) is 10.0. The molecule has 0 aromatic heterocycles. The minimum atomic E-state index is -0.573. The number of aliphatic hydroxyl groups excluding tert-OH is 1. The quantitative estimate of drug-likeness (QED) is 0.699. The van der Waals surface area contributed by atoms with Gasteiger partial charge in [-0.1, -0.05) is 6.92 Å². The van der Waals surface area contributed by atoms with Crippen LogP contribution in [0.4, 0.5) is 0 Å². The number of aliphatic hydroxyl groups is 1. The van der Waals surface area contributed by atoms with E-state index in [1.54, 1.807) is 0 Å². The Kier molecular flexibility index (Phi) is 2.47. The topological polar surface area (TPSA) is 47.9 Å². The number of rotatable bonds is 1. The van der Waals surface area contributed by atoms with Crippen molar-refractivity contribution in [2.45, 2.75) is 38.4 Å². The molecule has 3 fully saturated rings. The first-order valence-electron chi connectivity index (χ1n) is 5.82. The van der Waals surface area contributed by atoms with Crippen molar-refractivity contribution < 1.29 is 19.3 Å². The van der Waals surface area contributed by atoms with Crippen LogP contribution < -0.4 is 0 Å². The van der Waals surface area contributed by atoms with Gasteiger partial charge in [-0.25, -0.2) is 0 Å². The van der Waals surface area contributed by atoms with Gasteiger partial charge in [0.1, 0.15) is 0 Å². The van der Waals surface area contributed by atoms with Gasteiger partial charge in [0.15, 0.2) is 12.6 Å². The standard InChI is InChI=1S/C11H18O4/c1-6-4-8-7(5-9(12)15-8)10(6)11-13-2-3-14-11/h6-12H,2-5H2,1H3. The van der Waals surface area contributed by atoms with E-state index < -0.39 is 6.29 Å². The third-order valence-corrected chi connectivity index (χ3v) is 4.00. The van der Waals surface area contributed by atoms with Gasteiger partial charge in [-0.05, 0) is 18.3 Å². The summed E-state index contributed by atoms with van der Waals surface area (Å²) in [6, 6.07) is 0. The van der Waals surface area contributed by atoms with Crippen LogP contribution >= 0.6 is 0 Å². The first-order chi connectivity index (χ1) is 7.25. The summed E-state index contributed by atoms with van der Waals surface area (Å²) in [4.78, 5) is 0. The lowest BCUT2D eigenvalue weighted by Gasteiger charge is -2.25. The molecule has 0 bridgehead atoms. The van der Waals surface area contributed by atoms with Crippen LogP contribution in [0.15, 0.2) is 0 Å². The van der Waals surface area contributed by atoms with E-state index >= 15 is 0 Å². The van der Waals surface area contributed by atoms with Crippen LogP contribution in [0.2, 0.25) is 0 Å². The van der Waals surface area contributed by atoms with E-state index in [9.17, 15) is 5.11 Å². The second kappa shape index (κ2) is 3.70. The maximum absolute atomic E-state index is 9.48. The minimum absolute atomic E-state index is 0.0658. The lowest BCUT2D eigenvalue weighted by molar-refractivity contribution is -0.105. The van der Waals surface area contributed by atoms with Crippen LogP contribution in [0, 0.1) is 17.8 Å². The third kappa shape index (κ3) is 1.60. The van der Waals surface area contributed by atoms with Crippen molar-refractivity contribution in [3.63, 3.8) is 0 Å². The number of ether oxygens (including phenoxy) is 3. The summed E-state index contributed by atoms with van der Waals surface area (Å²) in [7, 11) is 0. The van der Waals surface area contributed by atoms with Gasteiger partial charge >= 0.3 is 0 Å². The molecule has 2 heterocycles. The maximum atomic E-state index is 9.48. The lowest BCUT2D eigenvalue weighted by Crippen LogP contribution is -2.30. The highest BCUT2D eigenvalue weighted by molar-refractivity contribution is 4.95. The second-order valence-corrected chi connectivity index (χ2v) is 4.93. The SMILES string of the molecule is CC1CC2OC(O)CC2C1C1OCCO1. The van der Waals surface area contributed by atoms with Crippen molar-refractivity contribution in [1.82, 2.24) is 0 Å². The zero-order valence-corrected chi connectivity index (χ0v) is 8.96. The van der Waals surface area contributed by atoms with Gasteiger partial charge in [0, 0.05) is 12.3 Å². The molecule has 1 N–H and O–H groups in total. The van der Waals surface area contributed by atoms with Crippen molar-refractivity contribution in [1.29, 1.82) is 0 Å². The lowest BCUT2D eigenvalue weighted by atomic mass is 9.88. The first-order valence-corrected chi connectivity index (χ1v) is 5.82. The van der Waals surface area contributed by atoms with Crippen molar-refractivity contribution in [3.8, 4) is 0 Å². The average molecular weight is 214 g/mol. The van der Waals surface area contributed by atoms with E-state index in [1.807, 2.05) is 0 Å². The highest BCUT2D eigenvalue weighted by Crippen LogP contribution is 2.48. The second-order valence-electron chi connectivity index (χ2n) is 4.93. The molecule has 1 saturated carbocycles. The zero-order valence-electron chi connectivity index (χ0n) is 8.96. The van der Waals surface area contributed by atoms with Gasteiger partial charge in [-0.2, -0.15) is 0 Å². The van der Waals surface area contributed by atoms with Crippen molar-refractivity contribution in [2.75, 3.05) is 13.2 Å². The zero-order chi connectivity index (χ0) is 10.4. The molecule has 0 aromatic rings. The molecule has 2 aliphatic heterocycles. The Labute approximate surface area is 89.5 Å². The average Bonchev–Trinajstić information content (AvgIpc) is 2.80. The molecule has 0 radical (unpaired) electrons. The number of hydrogen-bond donors (Lipinski definition) is 1. The summed E-state index contributed by atoms with van der Waals surface area (Å²) < 4.78 is 16.7. The Morgan fingerprint density at radius 2 is 1.87 bits per heavy atom. The molecule has 4 nitrogen and oxygen atoms in total. The van der Waals surface area contributed by atoms with Gasteiger partial charge in [0.2, 0.25) is 0 Å². The molecule has 3 rings (SSSR count). The molecule has 86 valence electrons. The van der Waals surface area contributed by atoms with Crippen LogP contribution in [0.5, 0.6) is 0 Å². The summed E-state index contributed by atoms with van der Waals surface area (Å²) in [5.74, 6) is 1.38. The van der Waals surface area contributed by atoms with E-state index in [-0.39, 0.29) is 12.4 Å². The predicted octanol–water partition coefficient (Wildman–Crippen LogP) is 0.739. The van der Waals surface area contributed by atoms with Gasteiger partial charge in [-0.3, -0.25) is 0 Å². The van der Waals surface area contributed by atoms with Crippen molar-refractivity contribution >= 4 is 0 Å². The van der Waals surface area contributed by atoms with E-state index in [1.165, 1.54) is 0 Å². The molecule has 15 heavy (non-hydrogen) atoms. The molecule has 0 aromatic carbocycles. The van der Waals surface area contributed by atoms with Crippen LogP contribution in [0.3, 0.4) is 0 Å². The Morgan fingerprint density at radius 1 is 1.13 bits per heavy atom. The van der Waals surface area contributed by atoms with Gasteiger partial charge in [0.25, 0.3) is 0 Å². The summed E-state index contributed by atoms with van der Waals surface area (Å²) in [6.45, 7) is 3.63. The van der Waals surface area contributed by atoms with E-state index in [0.29, 0.717) is 31.0 Å². The summed E-state index contributed by atoms with van der Waals surface area (Å²) in [6.07, 6.45) is 1.34. The molecule has 3 aliphatic rings. The summed E-state index contributed by atoms with van der Waals surface area (Å²) in [5.41, 5.74) is 0.